The van der Waals surface area contributed by atoms with Gasteiger partial charge in [-0.3, -0.25) is 4.79 Å². The maximum atomic E-state index is 13.8. The highest BCUT2D eigenvalue weighted by Crippen LogP contribution is 2.47. The zero-order valence-corrected chi connectivity index (χ0v) is 27.1. The van der Waals surface area contributed by atoms with Crippen LogP contribution in [0.5, 0.6) is 0 Å². The van der Waals surface area contributed by atoms with Gasteiger partial charge in [0.1, 0.15) is 11.1 Å². The number of benzene rings is 4. The van der Waals surface area contributed by atoms with Crippen molar-refractivity contribution in [3.8, 4) is 11.3 Å². The Labute approximate surface area is 276 Å². The van der Waals surface area contributed by atoms with Gasteiger partial charge >= 0.3 is 6.09 Å². The molecule has 1 saturated heterocycles. The van der Waals surface area contributed by atoms with E-state index < -0.39 is 16.6 Å². The van der Waals surface area contributed by atoms with Crippen LogP contribution in [0.3, 0.4) is 0 Å². The summed E-state index contributed by atoms with van der Waals surface area (Å²) in [6.45, 7) is 6.38. The second-order valence-corrected chi connectivity index (χ2v) is 13.7. The fraction of sp³-hybridized carbons (Fsp3) is 0.244. The summed E-state index contributed by atoms with van der Waals surface area (Å²) in [6, 6.07) is 39.7. The number of amides is 1. The molecule has 2 aliphatic rings. The molecule has 0 atom stereocenters. The molecule has 4 aromatic carbocycles. The molecule has 6 heteroatoms. The van der Waals surface area contributed by atoms with Crippen LogP contribution < -0.4 is 0 Å². The Bertz CT molecular complexity index is 1840. The number of nitrogens with zero attached hydrogens (tertiary/aromatic N) is 3. The average molecular weight is 622 g/mol. The zero-order valence-electron chi connectivity index (χ0n) is 27.1. The van der Waals surface area contributed by atoms with Crippen LogP contribution in [0.2, 0.25) is 0 Å². The van der Waals surface area contributed by atoms with Crippen LogP contribution in [0, 0.1) is 5.41 Å². The van der Waals surface area contributed by atoms with Crippen LogP contribution in [0.25, 0.3) is 17.3 Å². The van der Waals surface area contributed by atoms with Crippen LogP contribution in [0.1, 0.15) is 55.9 Å². The van der Waals surface area contributed by atoms with Gasteiger partial charge in [0.15, 0.2) is 5.78 Å². The number of ketones is 1. The molecule has 1 saturated carbocycles. The third kappa shape index (κ3) is 5.48. The van der Waals surface area contributed by atoms with Crippen molar-refractivity contribution in [1.82, 2.24) is 14.5 Å². The van der Waals surface area contributed by atoms with Crippen LogP contribution in [0.15, 0.2) is 133 Å². The molecular formula is C41H39N3O3. The third-order valence-electron chi connectivity index (χ3n) is 9.40. The Morgan fingerprint density at radius 1 is 0.787 bits per heavy atom. The highest BCUT2D eigenvalue weighted by Gasteiger charge is 2.55. The molecule has 1 amide bonds. The van der Waals surface area contributed by atoms with Gasteiger partial charge in [-0.05, 0) is 67.5 Å². The number of ether oxygens (including phenoxy) is 1. The minimum atomic E-state index is -0.666. The summed E-state index contributed by atoms with van der Waals surface area (Å²) in [4.78, 5) is 33.0. The molecule has 1 aliphatic carbocycles. The number of Topliss-reactive ketones (excluding diaryl/α,β-unsaturated/α-hetero) is 1. The monoisotopic (exact) mass is 621 g/mol. The number of imidazole rings is 1. The topological polar surface area (TPSA) is 64.4 Å². The van der Waals surface area contributed by atoms with Crippen molar-refractivity contribution in [2.24, 2.45) is 5.41 Å². The van der Waals surface area contributed by atoms with Crippen LogP contribution in [-0.2, 0) is 15.1 Å². The second-order valence-electron chi connectivity index (χ2n) is 13.7. The van der Waals surface area contributed by atoms with E-state index in [1.54, 1.807) is 4.90 Å². The highest BCUT2D eigenvalue weighted by molar-refractivity contribution is 6.07. The first-order valence-corrected chi connectivity index (χ1v) is 16.2. The minimum absolute atomic E-state index is 0.133. The molecule has 1 spiro atoms. The largest absolute Gasteiger partial charge is 0.444 e. The van der Waals surface area contributed by atoms with Crippen molar-refractivity contribution in [3.05, 3.63) is 156 Å². The molecule has 1 aromatic heterocycles. The van der Waals surface area contributed by atoms with Gasteiger partial charge in [-0.2, -0.15) is 0 Å². The van der Waals surface area contributed by atoms with Crippen LogP contribution in [-0.4, -0.2) is 45.0 Å². The standard InChI is InChI=1S/C41H39N3O3/c1-39(2,3)47-38(46)43-27-40(28-43)24-23-31(37(40)45)25-30-15-13-14-22-35(30)36-26-44(29-42-36)41(32-16-7-4-8-17-32,33-18-9-5-10-19-33)34-20-11-6-12-21-34/h4-22,25-26,29H,23-24,27-28H2,1-3H3/b31-25+. The Kier molecular flexibility index (Phi) is 7.67. The Hall–Kier alpha value is -5.23. The van der Waals surface area contributed by atoms with Crippen molar-refractivity contribution < 1.29 is 14.3 Å². The summed E-state index contributed by atoms with van der Waals surface area (Å²) in [5.74, 6) is 0.133. The third-order valence-corrected chi connectivity index (χ3v) is 9.40. The van der Waals surface area contributed by atoms with Crippen molar-refractivity contribution in [3.63, 3.8) is 0 Å². The van der Waals surface area contributed by atoms with Gasteiger partial charge < -0.3 is 14.2 Å². The summed E-state index contributed by atoms with van der Waals surface area (Å²) < 4.78 is 7.74. The van der Waals surface area contributed by atoms with E-state index in [-0.39, 0.29) is 11.9 Å². The van der Waals surface area contributed by atoms with Gasteiger partial charge in [0.05, 0.1) is 17.4 Å². The molecule has 0 N–H and O–H groups in total. The van der Waals surface area contributed by atoms with Crippen molar-refractivity contribution >= 4 is 18.0 Å². The van der Waals surface area contributed by atoms with Gasteiger partial charge in [-0.25, -0.2) is 9.78 Å². The zero-order chi connectivity index (χ0) is 32.6. The number of hydrogen-bond acceptors (Lipinski definition) is 4. The van der Waals surface area contributed by atoms with Gasteiger partial charge in [0.2, 0.25) is 0 Å². The van der Waals surface area contributed by atoms with E-state index in [2.05, 4.69) is 89.6 Å². The van der Waals surface area contributed by atoms with Gasteiger partial charge in [0.25, 0.3) is 0 Å². The lowest BCUT2D eigenvalue weighted by Gasteiger charge is -2.46. The Balaban J connectivity index is 1.25. The molecular weight excluding hydrogens is 582 g/mol. The Morgan fingerprint density at radius 3 is 1.87 bits per heavy atom. The molecule has 0 radical (unpaired) electrons. The fourth-order valence-electron chi connectivity index (χ4n) is 7.20. The summed E-state index contributed by atoms with van der Waals surface area (Å²) >= 11 is 0. The molecule has 5 aromatic rings. The molecule has 0 unspecified atom stereocenters. The molecule has 2 heterocycles. The summed E-state index contributed by atoms with van der Waals surface area (Å²) in [5, 5.41) is 0. The molecule has 1 aliphatic heterocycles. The number of aromatic nitrogens is 2. The predicted octanol–water partition coefficient (Wildman–Crippen LogP) is 8.37. The molecule has 7 rings (SSSR count). The van der Waals surface area contributed by atoms with Crippen LogP contribution >= 0.6 is 0 Å². The molecule has 0 bridgehead atoms. The fourth-order valence-corrected chi connectivity index (χ4v) is 7.20. The number of likely N-dealkylation sites (tertiary alicyclic amines) is 1. The van der Waals surface area contributed by atoms with Gasteiger partial charge in [-0.1, -0.05) is 115 Å². The van der Waals surface area contributed by atoms with Gasteiger partial charge in [0, 0.05) is 24.8 Å². The quantitative estimate of drug-likeness (QED) is 0.141. The van der Waals surface area contributed by atoms with Crippen LogP contribution in [0.4, 0.5) is 4.79 Å². The lowest BCUT2D eigenvalue weighted by molar-refractivity contribution is -0.131. The summed E-state index contributed by atoms with van der Waals surface area (Å²) in [6.07, 6.45) is 7.13. The molecule has 236 valence electrons. The van der Waals surface area contributed by atoms with E-state index in [9.17, 15) is 9.59 Å². The van der Waals surface area contributed by atoms with Gasteiger partial charge in [-0.15, -0.1) is 0 Å². The molecule has 2 fully saturated rings. The normalized spacial score (nSPS) is 16.8. The average Bonchev–Trinajstić information content (AvgIpc) is 3.67. The number of rotatable bonds is 6. The minimum Gasteiger partial charge on any atom is -0.444 e. The Morgan fingerprint density at radius 2 is 1.32 bits per heavy atom. The molecule has 47 heavy (non-hydrogen) atoms. The van der Waals surface area contributed by atoms with E-state index in [0.29, 0.717) is 19.5 Å². The van der Waals surface area contributed by atoms with E-state index in [0.717, 1.165) is 45.5 Å². The first-order valence-electron chi connectivity index (χ1n) is 16.2. The number of carbonyl (C=O) groups is 2. The number of allylic oxidation sites excluding steroid dienone is 1. The number of hydrogen-bond donors (Lipinski definition) is 0. The maximum Gasteiger partial charge on any atom is 0.410 e. The SMILES string of the molecule is CC(C)(C)OC(=O)N1CC2(CC/C(=C\c3ccccc3-c3cn(C(c4ccccc4)(c4ccccc4)c4ccccc4)cn3)C2=O)C1. The summed E-state index contributed by atoms with van der Waals surface area (Å²) in [7, 11) is 0. The highest BCUT2D eigenvalue weighted by atomic mass is 16.6. The van der Waals surface area contributed by atoms with E-state index in [4.69, 9.17) is 9.72 Å². The lowest BCUT2D eigenvalue weighted by Crippen LogP contribution is -2.61. The molecule has 6 nitrogen and oxygen atoms in total. The second kappa shape index (κ2) is 11.8. The van der Waals surface area contributed by atoms with E-state index >= 15 is 0 Å². The van der Waals surface area contributed by atoms with E-state index in [1.165, 1.54) is 0 Å². The smallest absolute Gasteiger partial charge is 0.410 e. The number of carbonyl (C=O) groups excluding carboxylic acids is 2. The van der Waals surface area contributed by atoms with Crippen molar-refractivity contribution in [2.45, 2.75) is 44.8 Å². The lowest BCUT2D eigenvalue weighted by atomic mass is 9.76. The maximum absolute atomic E-state index is 13.8. The summed E-state index contributed by atoms with van der Waals surface area (Å²) in [5.41, 5.74) is 5.16. The van der Waals surface area contributed by atoms with Crippen molar-refractivity contribution in [2.75, 3.05) is 13.1 Å². The first-order chi connectivity index (χ1) is 22.7. The first kappa shape index (κ1) is 30.4. The van der Waals surface area contributed by atoms with E-state index in [1.807, 2.05) is 69.6 Å². The van der Waals surface area contributed by atoms with Crippen molar-refractivity contribution in [1.29, 1.82) is 0 Å². The predicted molar refractivity (Wildman–Crippen MR) is 185 cm³/mol.